The first kappa shape index (κ1) is 17.4. The van der Waals surface area contributed by atoms with Crippen molar-refractivity contribution in [2.24, 2.45) is 10.7 Å². The fourth-order valence-corrected chi connectivity index (χ4v) is 2.44. The van der Waals surface area contributed by atoms with Gasteiger partial charge in [0.15, 0.2) is 5.17 Å². The van der Waals surface area contributed by atoms with E-state index < -0.39 is 0 Å². The molecule has 0 saturated carbocycles. The van der Waals surface area contributed by atoms with Crippen molar-refractivity contribution < 1.29 is 4.79 Å². The molecule has 1 amide bonds. The van der Waals surface area contributed by atoms with Gasteiger partial charge in [0.25, 0.3) is 5.91 Å². The van der Waals surface area contributed by atoms with Crippen molar-refractivity contribution in [2.45, 2.75) is 0 Å². The Balaban J connectivity index is 1.91. The van der Waals surface area contributed by atoms with E-state index in [1.165, 1.54) is 24.0 Å². The summed E-state index contributed by atoms with van der Waals surface area (Å²) in [5.41, 5.74) is 8.34. The zero-order chi connectivity index (χ0) is 18.5. The van der Waals surface area contributed by atoms with Crippen LogP contribution in [-0.4, -0.2) is 27.3 Å². The maximum absolute atomic E-state index is 12.3. The fraction of sp³-hybridized carbons (Fsp3) is 0.0556. The minimum atomic E-state index is -0.389. The number of carbonyl (C=O) groups is 1. The zero-order valence-corrected chi connectivity index (χ0v) is 14.6. The molecule has 128 valence electrons. The Bertz CT molecular complexity index is 1040. The average molecular weight is 362 g/mol. The van der Waals surface area contributed by atoms with Crippen molar-refractivity contribution in [1.29, 1.82) is 5.26 Å². The van der Waals surface area contributed by atoms with E-state index >= 15 is 0 Å². The van der Waals surface area contributed by atoms with Gasteiger partial charge in [-0.25, -0.2) is 9.98 Å². The third-order valence-electron chi connectivity index (χ3n) is 3.53. The van der Waals surface area contributed by atoms with Crippen LogP contribution in [0.2, 0.25) is 0 Å². The predicted molar refractivity (Wildman–Crippen MR) is 103 cm³/mol. The third-order valence-corrected chi connectivity index (χ3v) is 4.04. The van der Waals surface area contributed by atoms with Crippen LogP contribution in [0.25, 0.3) is 10.9 Å². The number of nitrogens with one attached hydrogen (secondary N) is 1. The summed E-state index contributed by atoms with van der Waals surface area (Å²) in [7, 11) is 0. The van der Waals surface area contributed by atoms with Gasteiger partial charge in [0.05, 0.1) is 28.7 Å². The van der Waals surface area contributed by atoms with Gasteiger partial charge in [-0.15, -0.1) is 0 Å². The van der Waals surface area contributed by atoms with Crippen molar-refractivity contribution in [3.63, 3.8) is 0 Å². The van der Waals surface area contributed by atoms with Crippen LogP contribution in [0.15, 0.2) is 53.8 Å². The third kappa shape index (κ3) is 3.79. The summed E-state index contributed by atoms with van der Waals surface area (Å²) in [6.45, 7) is 0. The van der Waals surface area contributed by atoms with Crippen molar-refractivity contribution in [3.05, 3.63) is 60.0 Å². The number of pyridine rings is 2. The number of fused-ring (bicyclic) bond motifs is 1. The number of amidine groups is 1. The van der Waals surface area contributed by atoms with E-state index in [0.29, 0.717) is 22.1 Å². The van der Waals surface area contributed by atoms with Crippen molar-refractivity contribution >= 4 is 45.1 Å². The van der Waals surface area contributed by atoms with Crippen LogP contribution in [0, 0.1) is 11.3 Å². The topological polar surface area (TPSA) is 117 Å². The monoisotopic (exact) mass is 362 g/mol. The van der Waals surface area contributed by atoms with Crippen molar-refractivity contribution in [3.8, 4) is 6.07 Å². The average Bonchev–Trinajstić information content (AvgIpc) is 2.68. The molecule has 8 heteroatoms. The van der Waals surface area contributed by atoms with Crippen LogP contribution in [-0.2, 0) is 0 Å². The minimum Gasteiger partial charge on any atom is -0.378 e. The zero-order valence-electron chi connectivity index (χ0n) is 13.8. The van der Waals surface area contributed by atoms with Crippen molar-refractivity contribution in [2.75, 3.05) is 11.6 Å². The molecule has 0 atom stereocenters. The molecule has 0 radical (unpaired) electrons. The van der Waals surface area contributed by atoms with E-state index in [4.69, 9.17) is 11.0 Å². The lowest BCUT2D eigenvalue weighted by atomic mass is 10.1. The number of benzene rings is 1. The van der Waals surface area contributed by atoms with Gasteiger partial charge >= 0.3 is 0 Å². The van der Waals surface area contributed by atoms with Crippen LogP contribution in [0.1, 0.15) is 16.1 Å². The van der Waals surface area contributed by atoms with Crippen LogP contribution >= 0.6 is 11.8 Å². The molecule has 0 aliphatic rings. The van der Waals surface area contributed by atoms with Crippen LogP contribution in [0.3, 0.4) is 0 Å². The summed E-state index contributed by atoms with van der Waals surface area (Å²) in [4.78, 5) is 25.0. The predicted octanol–water partition coefficient (Wildman–Crippen LogP) is 3.06. The standard InChI is InChI=1S/C18H14N6OS/c1-26-18(20)24-15-4-2-3-14-13(15)7-12(10-22-14)23-17(25)16-6-5-11(8-19)9-21-16/h2-7,9-10H,1H3,(H2,20,24)(H,23,25). The van der Waals surface area contributed by atoms with Gasteiger partial charge < -0.3 is 11.1 Å². The van der Waals surface area contributed by atoms with Crippen molar-refractivity contribution in [1.82, 2.24) is 9.97 Å². The maximum atomic E-state index is 12.3. The molecule has 0 spiro atoms. The molecule has 0 unspecified atom stereocenters. The molecule has 3 N–H and O–H groups in total. The van der Waals surface area contributed by atoms with Gasteiger partial charge in [0, 0.05) is 11.6 Å². The number of rotatable bonds is 3. The summed E-state index contributed by atoms with van der Waals surface area (Å²) in [6.07, 6.45) is 4.76. The van der Waals surface area contributed by atoms with Crippen LogP contribution < -0.4 is 11.1 Å². The highest BCUT2D eigenvalue weighted by Gasteiger charge is 2.10. The first-order chi connectivity index (χ1) is 12.6. The first-order valence-corrected chi connectivity index (χ1v) is 8.77. The normalized spacial score (nSPS) is 11.2. The fourth-order valence-electron chi connectivity index (χ4n) is 2.25. The SMILES string of the molecule is CSC(N)=Nc1cccc2ncc(NC(=O)c3ccc(C#N)cn3)cc12. The summed E-state index contributed by atoms with van der Waals surface area (Å²) in [5, 5.41) is 12.8. The second kappa shape index (κ2) is 7.63. The molecular weight excluding hydrogens is 348 g/mol. The lowest BCUT2D eigenvalue weighted by Gasteiger charge is -2.07. The largest absolute Gasteiger partial charge is 0.378 e. The second-order valence-electron chi connectivity index (χ2n) is 5.22. The molecule has 0 aliphatic carbocycles. The summed E-state index contributed by atoms with van der Waals surface area (Å²) >= 11 is 1.35. The van der Waals surface area contributed by atoms with Gasteiger partial charge in [0.2, 0.25) is 0 Å². The van der Waals surface area contributed by atoms with E-state index in [2.05, 4.69) is 20.3 Å². The highest BCUT2D eigenvalue weighted by atomic mass is 32.2. The Labute approximate surface area is 154 Å². The van der Waals surface area contributed by atoms with E-state index in [9.17, 15) is 4.79 Å². The summed E-state index contributed by atoms with van der Waals surface area (Å²) in [6, 6.07) is 12.3. The van der Waals surface area contributed by atoms with E-state index in [1.807, 2.05) is 30.5 Å². The highest BCUT2D eigenvalue weighted by Crippen LogP contribution is 2.27. The Morgan fingerprint density at radius 1 is 1.27 bits per heavy atom. The smallest absolute Gasteiger partial charge is 0.274 e. The first-order valence-electron chi connectivity index (χ1n) is 7.55. The van der Waals surface area contributed by atoms with Gasteiger partial charge in [-0.05, 0) is 36.6 Å². The number of hydrogen-bond donors (Lipinski definition) is 2. The molecule has 0 saturated heterocycles. The highest BCUT2D eigenvalue weighted by molar-refractivity contribution is 8.13. The molecule has 1 aromatic carbocycles. The molecule has 26 heavy (non-hydrogen) atoms. The molecule has 0 fully saturated rings. The summed E-state index contributed by atoms with van der Waals surface area (Å²) < 4.78 is 0. The summed E-state index contributed by atoms with van der Waals surface area (Å²) in [5.74, 6) is -0.389. The van der Waals surface area contributed by atoms with Crippen LogP contribution in [0.5, 0.6) is 0 Å². The second-order valence-corrected chi connectivity index (χ2v) is 6.05. The number of nitrogens with two attached hydrogens (primary N) is 1. The Kier molecular flexibility index (Phi) is 5.10. The van der Waals surface area contributed by atoms with E-state index in [-0.39, 0.29) is 11.6 Å². The quantitative estimate of drug-likeness (QED) is 0.546. The van der Waals surface area contributed by atoms with E-state index in [1.54, 1.807) is 18.3 Å². The number of carbonyl (C=O) groups excluding carboxylic acids is 1. The number of anilines is 1. The van der Waals surface area contributed by atoms with Gasteiger partial charge in [-0.3, -0.25) is 9.78 Å². The minimum absolute atomic E-state index is 0.210. The number of aliphatic imine (C=N–C) groups is 1. The molecule has 0 bridgehead atoms. The Hall–Kier alpha value is -3.44. The van der Waals surface area contributed by atoms with Crippen LogP contribution in [0.4, 0.5) is 11.4 Å². The Morgan fingerprint density at radius 2 is 2.12 bits per heavy atom. The Morgan fingerprint density at radius 3 is 2.81 bits per heavy atom. The van der Waals surface area contributed by atoms with E-state index in [0.717, 1.165) is 10.9 Å². The number of hydrogen-bond acceptors (Lipinski definition) is 6. The number of nitriles is 1. The lowest BCUT2D eigenvalue weighted by molar-refractivity contribution is 0.102. The molecule has 2 heterocycles. The molecule has 7 nitrogen and oxygen atoms in total. The number of amides is 1. The van der Waals surface area contributed by atoms with Gasteiger partial charge in [-0.2, -0.15) is 5.26 Å². The molecular formula is C18H14N6OS. The maximum Gasteiger partial charge on any atom is 0.274 e. The molecule has 3 rings (SSSR count). The number of thioether (sulfide) groups is 1. The van der Waals surface area contributed by atoms with Gasteiger partial charge in [0.1, 0.15) is 11.8 Å². The molecule has 0 aliphatic heterocycles. The molecule has 3 aromatic rings. The lowest BCUT2D eigenvalue weighted by Crippen LogP contribution is -2.13. The van der Waals surface area contributed by atoms with Gasteiger partial charge in [-0.1, -0.05) is 17.8 Å². The number of nitrogens with zero attached hydrogens (tertiary/aromatic N) is 4. The molecule has 2 aromatic heterocycles. The number of aromatic nitrogens is 2.